The minimum atomic E-state index is -0.418. The van der Waals surface area contributed by atoms with Crippen LogP contribution in [0, 0.1) is 0 Å². The number of rotatable bonds is 3. The van der Waals surface area contributed by atoms with Crippen molar-refractivity contribution >= 4 is 11.8 Å². The highest BCUT2D eigenvalue weighted by molar-refractivity contribution is 5.90. The topological polar surface area (TPSA) is 84.2 Å². The lowest BCUT2D eigenvalue weighted by molar-refractivity contribution is -0.125. The fourth-order valence-electron chi connectivity index (χ4n) is 1.25. The van der Waals surface area contributed by atoms with Crippen LogP contribution >= 0.6 is 0 Å². The van der Waals surface area contributed by atoms with Gasteiger partial charge in [0.15, 0.2) is 0 Å². The van der Waals surface area contributed by atoms with Crippen molar-refractivity contribution < 1.29 is 9.59 Å². The summed E-state index contributed by atoms with van der Waals surface area (Å²) in [6.45, 7) is 4.08. The molecule has 1 aliphatic heterocycles. The van der Waals surface area contributed by atoms with E-state index in [1.165, 1.54) is 0 Å². The first-order chi connectivity index (χ1) is 6.38. The first-order valence-electron chi connectivity index (χ1n) is 4.74. The van der Waals surface area contributed by atoms with Gasteiger partial charge in [0, 0.05) is 18.5 Å². The van der Waals surface area contributed by atoms with E-state index in [2.05, 4.69) is 10.6 Å². The Balaban J connectivity index is 2.32. The zero-order valence-corrected chi connectivity index (χ0v) is 8.59. The van der Waals surface area contributed by atoms with Crippen LogP contribution in [-0.2, 0) is 9.59 Å². The third kappa shape index (κ3) is 3.33. The molecule has 1 unspecified atom stereocenters. The van der Waals surface area contributed by atoms with E-state index in [1.54, 1.807) is 0 Å². The van der Waals surface area contributed by atoms with Gasteiger partial charge in [-0.15, -0.1) is 0 Å². The summed E-state index contributed by atoms with van der Waals surface area (Å²) in [6, 6.07) is -0.371. The lowest BCUT2D eigenvalue weighted by Crippen LogP contribution is -2.49. The van der Waals surface area contributed by atoms with Gasteiger partial charge in [-0.2, -0.15) is 0 Å². The molecule has 0 saturated carbocycles. The van der Waals surface area contributed by atoms with Crippen LogP contribution in [-0.4, -0.2) is 29.9 Å². The lowest BCUT2D eigenvalue weighted by Gasteiger charge is -2.20. The van der Waals surface area contributed by atoms with Crippen LogP contribution in [0.25, 0.3) is 0 Å². The highest BCUT2D eigenvalue weighted by Gasteiger charge is 2.27. The molecule has 0 aromatic carbocycles. The van der Waals surface area contributed by atoms with E-state index in [0.717, 1.165) is 0 Å². The van der Waals surface area contributed by atoms with E-state index in [1.807, 2.05) is 13.8 Å². The summed E-state index contributed by atoms with van der Waals surface area (Å²) in [7, 11) is 0. The molecule has 5 nitrogen and oxygen atoms in total. The maximum atomic E-state index is 11.5. The molecule has 1 aliphatic rings. The minimum Gasteiger partial charge on any atom is -0.352 e. The third-order valence-electron chi connectivity index (χ3n) is 2.03. The molecule has 80 valence electrons. The van der Waals surface area contributed by atoms with Crippen LogP contribution in [0.4, 0.5) is 0 Å². The van der Waals surface area contributed by atoms with Gasteiger partial charge in [-0.25, -0.2) is 0 Å². The van der Waals surface area contributed by atoms with Crippen molar-refractivity contribution in [1.29, 1.82) is 0 Å². The van der Waals surface area contributed by atoms with Crippen LogP contribution in [0.2, 0.25) is 0 Å². The molecule has 4 N–H and O–H groups in total. The zero-order valence-electron chi connectivity index (χ0n) is 8.59. The predicted molar refractivity (Wildman–Crippen MR) is 52.4 cm³/mol. The molecule has 14 heavy (non-hydrogen) atoms. The van der Waals surface area contributed by atoms with Crippen LogP contribution in [0.3, 0.4) is 0 Å². The maximum absolute atomic E-state index is 11.5. The molecule has 1 rings (SSSR count). The average Bonchev–Trinajstić information content (AvgIpc) is 2.46. The summed E-state index contributed by atoms with van der Waals surface area (Å²) in [4.78, 5) is 22.3. The van der Waals surface area contributed by atoms with Crippen molar-refractivity contribution in [2.45, 2.75) is 38.3 Å². The van der Waals surface area contributed by atoms with Gasteiger partial charge in [-0.3, -0.25) is 9.59 Å². The van der Waals surface area contributed by atoms with Crippen LogP contribution in [0.5, 0.6) is 0 Å². The van der Waals surface area contributed by atoms with Crippen molar-refractivity contribution in [3.8, 4) is 0 Å². The van der Waals surface area contributed by atoms with Crippen molar-refractivity contribution in [2.24, 2.45) is 5.73 Å². The van der Waals surface area contributed by atoms with Crippen molar-refractivity contribution in [3.05, 3.63) is 0 Å². The van der Waals surface area contributed by atoms with Crippen LogP contribution < -0.4 is 16.4 Å². The number of carbonyl (C=O) groups is 2. The molecule has 1 heterocycles. The lowest BCUT2D eigenvalue weighted by atomic mass is 10.1. The van der Waals surface area contributed by atoms with Gasteiger partial charge in [0.05, 0.1) is 0 Å². The number of nitrogens with one attached hydrogen (secondary N) is 2. The van der Waals surface area contributed by atoms with Gasteiger partial charge >= 0.3 is 0 Å². The van der Waals surface area contributed by atoms with Gasteiger partial charge in [0.2, 0.25) is 11.8 Å². The molecular weight excluding hydrogens is 182 g/mol. The summed E-state index contributed by atoms with van der Waals surface area (Å²) in [5.74, 6) is -0.202. The van der Waals surface area contributed by atoms with E-state index < -0.39 is 5.54 Å². The minimum absolute atomic E-state index is 0.0582. The third-order valence-corrected chi connectivity index (χ3v) is 2.03. The predicted octanol–water partition coefficient (Wildman–Crippen LogP) is -0.881. The molecular formula is C9H17N3O2. The van der Waals surface area contributed by atoms with E-state index in [-0.39, 0.29) is 17.9 Å². The Morgan fingerprint density at radius 1 is 1.71 bits per heavy atom. The Morgan fingerprint density at radius 2 is 2.36 bits per heavy atom. The SMILES string of the molecule is CC(C)(N)CNC(=O)C1CCC(=O)N1. The quantitative estimate of drug-likeness (QED) is 0.552. The highest BCUT2D eigenvalue weighted by Crippen LogP contribution is 2.06. The fraction of sp³-hybridized carbons (Fsp3) is 0.778. The van der Waals surface area contributed by atoms with E-state index in [0.29, 0.717) is 19.4 Å². The van der Waals surface area contributed by atoms with Gasteiger partial charge < -0.3 is 16.4 Å². The summed E-state index contributed by atoms with van der Waals surface area (Å²) >= 11 is 0. The Kier molecular flexibility index (Phi) is 3.10. The molecule has 0 bridgehead atoms. The first-order valence-corrected chi connectivity index (χ1v) is 4.74. The Labute approximate surface area is 83.4 Å². The molecule has 0 aromatic rings. The Hall–Kier alpha value is -1.10. The van der Waals surface area contributed by atoms with Gasteiger partial charge in [-0.05, 0) is 20.3 Å². The molecule has 2 amide bonds. The molecule has 0 radical (unpaired) electrons. The van der Waals surface area contributed by atoms with E-state index in [9.17, 15) is 9.59 Å². The summed E-state index contributed by atoms with van der Waals surface area (Å²) in [5.41, 5.74) is 5.29. The Bertz CT molecular complexity index is 245. The van der Waals surface area contributed by atoms with Crippen molar-refractivity contribution in [3.63, 3.8) is 0 Å². The fourth-order valence-corrected chi connectivity index (χ4v) is 1.25. The van der Waals surface area contributed by atoms with Crippen molar-refractivity contribution in [2.75, 3.05) is 6.54 Å². The van der Waals surface area contributed by atoms with Gasteiger partial charge in [0.25, 0.3) is 0 Å². The molecule has 1 atom stereocenters. The zero-order chi connectivity index (χ0) is 10.8. The van der Waals surface area contributed by atoms with Gasteiger partial charge in [0.1, 0.15) is 6.04 Å². The molecule has 0 spiro atoms. The monoisotopic (exact) mass is 199 g/mol. The number of amides is 2. The summed E-state index contributed by atoms with van der Waals surface area (Å²) in [5, 5.41) is 5.30. The normalized spacial score (nSPS) is 21.9. The van der Waals surface area contributed by atoms with E-state index >= 15 is 0 Å². The second-order valence-corrected chi connectivity index (χ2v) is 4.37. The first kappa shape index (κ1) is 11.0. The number of hydrogen-bond acceptors (Lipinski definition) is 3. The second kappa shape index (κ2) is 3.96. The maximum Gasteiger partial charge on any atom is 0.242 e. The van der Waals surface area contributed by atoms with Gasteiger partial charge in [-0.1, -0.05) is 0 Å². The smallest absolute Gasteiger partial charge is 0.242 e. The molecule has 1 saturated heterocycles. The summed E-state index contributed by atoms with van der Waals surface area (Å²) < 4.78 is 0. The second-order valence-electron chi connectivity index (χ2n) is 4.37. The Morgan fingerprint density at radius 3 is 2.79 bits per heavy atom. The average molecular weight is 199 g/mol. The number of hydrogen-bond donors (Lipinski definition) is 3. The largest absolute Gasteiger partial charge is 0.352 e. The highest BCUT2D eigenvalue weighted by atomic mass is 16.2. The number of nitrogens with two attached hydrogens (primary N) is 1. The standard InChI is InChI=1S/C9H17N3O2/c1-9(2,10)5-11-8(14)6-3-4-7(13)12-6/h6H,3-5,10H2,1-2H3,(H,11,14)(H,12,13). The van der Waals surface area contributed by atoms with E-state index in [4.69, 9.17) is 5.73 Å². The molecule has 0 aromatic heterocycles. The van der Waals surface area contributed by atoms with Crippen LogP contribution in [0.15, 0.2) is 0 Å². The van der Waals surface area contributed by atoms with Crippen LogP contribution in [0.1, 0.15) is 26.7 Å². The van der Waals surface area contributed by atoms with Crippen molar-refractivity contribution in [1.82, 2.24) is 10.6 Å². The molecule has 0 aliphatic carbocycles. The molecule has 5 heteroatoms. The summed E-state index contributed by atoms with van der Waals surface area (Å²) in [6.07, 6.45) is 1.01. The number of carbonyl (C=O) groups excluding carboxylic acids is 2. The molecule has 1 fully saturated rings.